The molecule has 1 saturated heterocycles. The SMILES string of the molecule is Cc1ccncc1C(=O)N1CCOc2ccc(C(=O)N3CCCC3)cc2C1. The van der Waals surface area contributed by atoms with Crippen LogP contribution in [-0.4, -0.2) is 52.8 Å². The number of hydrogen-bond donors (Lipinski definition) is 0. The Labute approximate surface area is 158 Å². The maximum atomic E-state index is 13.0. The Kier molecular flexibility index (Phi) is 4.79. The van der Waals surface area contributed by atoms with E-state index in [9.17, 15) is 9.59 Å². The average Bonchev–Trinajstić information content (AvgIpc) is 3.13. The Morgan fingerprint density at radius 2 is 1.85 bits per heavy atom. The van der Waals surface area contributed by atoms with Crippen LogP contribution >= 0.6 is 0 Å². The van der Waals surface area contributed by atoms with E-state index in [2.05, 4.69) is 4.98 Å². The fraction of sp³-hybridized carbons (Fsp3) is 0.381. The van der Waals surface area contributed by atoms with Gasteiger partial charge in [0.05, 0.1) is 12.1 Å². The van der Waals surface area contributed by atoms with Gasteiger partial charge in [0, 0.05) is 43.2 Å². The summed E-state index contributed by atoms with van der Waals surface area (Å²) in [6.45, 7) is 4.89. The van der Waals surface area contributed by atoms with Crippen molar-refractivity contribution in [2.75, 3.05) is 26.2 Å². The lowest BCUT2D eigenvalue weighted by Gasteiger charge is -2.21. The van der Waals surface area contributed by atoms with Crippen LogP contribution in [-0.2, 0) is 6.54 Å². The van der Waals surface area contributed by atoms with Gasteiger partial charge in [0.1, 0.15) is 12.4 Å². The molecule has 2 aliphatic rings. The van der Waals surface area contributed by atoms with Crippen molar-refractivity contribution >= 4 is 11.8 Å². The summed E-state index contributed by atoms with van der Waals surface area (Å²) in [6, 6.07) is 7.38. The maximum Gasteiger partial charge on any atom is 0.256 e. The fourth-order valence-corrected chi connectivity index (χ4v) is 3.66. The lowest BCUT2D eigenvalue weighted by Crippen LogP contribution is -2.33. The smallest absolute Gasteiger partial charge is 0.256 e. The number of nitrogens with zero attached hydrogens (tertiary/aromatic N) is 3. The number of pyridine rings is 1. The van der Waals surface area contributed by atoms with Crippen LogP contribution in [0.2, 0.25) is 0 Å². The quantitative estimate of drug-likeness (QED) is 0.821. The molecule has 2 amide bonds. The molecule has 0 bridgehead atoms. The second kappa shape index (κ2) is 7.39. The largest absolute Gasteiger partial charge is 0.491 e. The number of ether oxygens (including phenoxy) is 1. The maximum absolute atomic E-state index is 13.0. The summed E-state index contributed by atoms with van der Waals surface area (Å²) in [5.41, 5.74) is 3.03. The van der Waals surface area contributed by atoms with E-state index in [4.69, 9.17) is 4.74 Å². The summed E-state index contributed by atoms with van der Waals surface area (Å²) in [7, 11) is 0. The standard InChI is InChI=1S/C21H23N3O3/c1-15-6-7-22-13-18(15)21(26)24-10-11-27-19-5-4-16(12-17(19)14-24)20(25)23-8-2-3-9-23/h4-7,12-13H,2-3,8-11,14H2,1H3. The molecule has 0 unspecified atom stereocenters. The molecule has 6 heteroatoms. The summed E-state index contributed by atoms with van der Waals surface area (Å²) in [5, 5.41) is 0. The van der Waals surface area contributed by atoms with Crippen molar-refractivity contribution in [1.82, 2.24) is 14.8 Å². The molecule has 4 rings (SSSR count). The monoisotopic (exact) mass is 365 g/mol. The molecule has 0 aliphatic carbocycles. The average molecular weight is 365 g/mol. The molecule has 140 valence electrons. The van der Waals surface area contributed by atoms with Crippen molar-refractivity contribution < 1.29 is 14.3 Å². The number of carbonyl (C=O) groups excluding carboxylic acids is 2. The summed E-state index contributed by atoms with van der Waals surface area (Å²) in [4.78, 5) is 33.4. The van der Waals surface area contributed by atoms with Gasteiger partial charge in [0.25, 0.3) is 11.8 Å². The number of aryl methyl sites for hydroxylation is 1. The highest BCUT2D eigenvalue weighted by atomic mass is 16.5. The van der Waals surface area contributed by atoms with Gasteiger partial charge < -0.3 is 14.5 Å². The van der Waals surface area contributed by atoms with E-state index in [-0.39, 0.29) is 11.8 Å². The summed E-state index contributed by atoms with van der Waals surface area (Å²) < 4.78 is 5.82. The lowest BCUT2D eigenvalue weighted by molar-refractivity contribution is 0.0732. The number of rotatable bonds is 2. The van der Waals surface area contributed by atoms with Crippen LogP contribution < -0.4 is 4.74 Å². The van der Waals surface area contributed by atoms with Gasteiger partial charge in [-0.05, 0) is 49.6 Å². The minimum atomic E-state index is -0.0617. The molecular weight excluding hydrogens is 342 g/mol. The fourth-order valence-electron chi connectivity index (χ4n) is 3.66. The van der Waals surface area contributed by atoms with Crippen LogP contribution in [0.3, 0.4) is 0 Å². The number of benzene rings is 1. The second-order valence-electron chi connectivity index (χ2n) is 7.09. The van der Waals surface area contributed by atoms with Crippen LogP contribution in [0.25, 0.3) is 0 Å². The van der Waals surface area contributed by atoms with Gasteiger partial charge in [0.2, 0.25) is 0 Å². The molecule has 0 saturated carbocycles. The molecule has 0 spiro atoms. The highest BCUT2D eigenvalue weighted by Crippen LogP contribution is 2.26. The molecule has 1 aromatic heterocycles. The van der Waals surface area contributed by atoms with Crippen LogP contribution in [0.4, 0.5) is 0 Å². The number of fused-ring (bicyclic) bond motifs is 1. The van der Waals surface area contributed by atoms with E-state index in [1.165, 1.54) is 0 Å². The van der Waals surface area contributed by atoms with Crippen molar-refractivity contribution in [2.24, 2.45) is 0 Å². The molecule has 1 aromatic carbocycles. The summed E-state index contributed by atoms with van der Waals surface area (Å²) in [5.74, 6) is 0.736. The van der Waals surface area contributed by atoms with Gasteiger partial charge in [-0.3, -0.25) is 14.6 Å². The van der Waals surface area contributed by atoms with Crippen LogP contribution in [0, 0.1) is 6.92 Å². The third kappa shape index (κ3) is 3.52. The topological polar surface area (TPSA) is 62.7 Å². The first-order chi connectivity index (χ1) is 13.1. The predicted molar refractivity (Wildman–Crippen MR) is 101 cm³/mol. The number of likely N-dealkylation sites (tertiary alicyclic amines) is 1. The van der Waals surface area contributed by atoms with E-state index in [0.717, 1.165) is 42.8 Å². The van der Waals surface area contributed by atoms with Gasteiger partial charge in [-0.15, -0.1) is 0 Å². The van der Waals surface area contributed by atoms with Crippen molar-refractivity contribution in [2.45, 2.75) is 26.3 Å². The zero-order chi connectivity index (χ0) is 18.8. The Balaban J connectivity index is 1.59. The first-order valence-electron chi connectivity index (χ1n) is 9.38. The van der Waals surface area contributed by atoms with Gasteiger partial charge in [-0.2, -0.15) is 0 Å². The Morgan fingerprint density at radius 3 is 2.63 bits per heavy atom. The summed E-state index contributed by atoms with van der Waals surface area (Å²) >= 11 is 0. The van der Waals surface area contributed by atoms with Gasteiger partial charge in [-0.1, -0.05) is 0 Å². The van der Waals surface area contributed by atoms with Crippen molar-refractivity contribution in [3.63, 3.8) is 0 Å². The van der Waals surface area contributed by atoms with E-state index >= 15 is 0 Å². The molecule has 0 atom stereocenters. The number of carbonyl (C=O) groups is 2. The number of amides is 2. The zero-order valence-electron chi connectivity index (χ0n) is 15.5. The molecule has 2 aromatic rings. The zero-order valence-corrected chi connectivity index (χ0v) is 15.5. The third-order valence-electron chi connectivity index (χ3n) is 5.24. The van der Waals surface area contributed by atoms with Crippen molar-refractivity contribution in [1.29, 1.82) is 0 Å². The Morgan fingerprint density at radius 1 is 1.04 bits per heavy atom. The third-order valence-corrected chi connectivity index (χ3v) is 5.24. The molecule has 27 heavy (non-hydrogen) atoms. The number of aromatic nitrogens is 1. The van der Waals surface area contributed by atoms with E-state index in [1.807, 2.05) is 36.1 Å². The van der Waals surface area contributed by atoms with Gasteiger partial charge in [0.15, 0.2) is 0 Å². The van der Waals surface area contributed by atoms with Crippen LogP contribution in [0.15, 0.2) is 36.7 Å². The second-order valence-corrected chi connectivity index (χ2v) is 7.09. The first kappa shape index (κ1) is 17.5. The minimum absolute atomic E-state index is 0.0560. The predicted octanol–water partition coefficient (Wildman–Crippen LogP) is 2.66. The molecular formula is C21H23N3O3. The van der Waals surface area contributed by atoms with E-state index < -0.39 is 0 Å². The molecule has 3 heterocycles. The minimum Gasteiger partial charge on any atom is -0.491 e. The summed E-state index contributed by atoms with van der Waals surface area (Å²) in [6.07, 6.45) is 5.42. The van der Waals surface area contributed by atoms with Crippen molar-refractivity contribution in [3.05, 3.63) is 58.9 Å². The van der Waals surface area contributed by atoms with Gasteiger partial charge >= 0.3 is 0 Å². The molecule has 0 N–H and O–H groups in total. The Hall–Kier alpha value is -2.89. The van der Waals surface area contributed by atoms with Crippen LogP contribution in [0.5, 0.6) is 5.75 Å². The van der Waals surface area contributed by atoms with Crippen molar-refractivity contribution in [3.8, 4) is 5.75 Å². The van der Waals surface area contributed by atoms with E-state index in [1.54, 1.807) is 17.3 Å². The lowest BCUT2D eigenvalue weighted by atomic mass is 10.1. The highest BCUT2D eigenvalue weighted by Gasteiger charge is 2.25. The Bertz CT molecular complexity index is 875. The van der Waals surface area contributed by atoms with Gasteiger partial charge in [-0.25, -0.2) is 0 Å². The first-order valence-corrected chi connectivity index (χ1v) is 9.38. The molecule has 6 nitrogen and oxygen atoms in total. The highest BCUT2D eigenvalue weighted by molar-refractivity contribution is 5.96. The van der Waals surface area contributed by atoms with Crippen LogP contribution in [0.1, 0.15) is 44.7 Å². The normalized spacial score (nSPS) is 16.5. The number of hydrogen-bond acceptors (Lipinski definition) is 4. The molecule has 1 fully saturated rings. The van der Waals surface area contributed by atoms with E-state index in [0.29, 0.717) is 30.8 Å². The molecule has 2 aliphatic heterocycles. The molecule has 0 radical (unpaired) electrons.